The largest absolute Gasteiger partial charge is 0.344 e. The summed E-state index contributed by atoms with van der Waals surface area (Å²) in [5, 5.41) is 1.06. The first-order valence-electron chi connectivity index (χ1n) is 9.36. The van der Waals surface area contributed by atoms with Gasteiger partial charge >= 0.3 is 0 Å². The number of likely N-dealkylation sites (N-methyl/N-ethyl adjacent to an activating group) is 1. The average molecular weight is 358 g/mol. The highest BCUT2D eigenvalue weighted by atomic mass is 32.1. The molecule has 2 aliphatic rings. The van der Waals surface area contributed by atoms with E-state index in [4.69, 9.17) is 4.98 Å². The topological polar surface area (TPSA) is 35.5 Å². The molecular formula is C19H27N5S. The van der Waals surface area contributed by atoms with E-state index in [2.05, 4.69) is 38.3 Å². The maximum atomic E-state index is 4.76. The second-order valence-corrected chi connectivity index (χ2v) is 7.91. The van der Waals surface area contributed by atoms with Crippen molar-refractivity contribution >= 4 is 16.7 Å². The van der Waals surface area contributed by atoms with Gasteiger partial charge in [0.1, 0.15) is 0 Å². The van der Waals surface area contributed by atoms with Gasteiger partial charge in [-0.25, -0.2) is 0 Å². The maximum Gasteiger partial charge on any atom is 0.205 e. The summed E-state index contributed by atoms with van der Waals surface area (Å²) in [7, 11) is 2.28. The molecule has 0 spiro atoms. The summed E-state index contributed by atoms with van der Waals surface area (Å²) in [6.07, 6.45) is 4.11. The summed E-state index contributed by atoms with van der Waals surface area (Å²) in [5.41, 5.74) is 1.10. The number of benzene rings is 1. The van der Waals surface area contributed by atoms with E-state index in [1.165, 1.54) is 43.9 Å². The summed E-state index contributed by atoms with van der Waals surface area (Å²) in [4.78, 5) is 12.3. The van der Waals surface area contributed by atoms with E-state index < -0.39 is 0 Å². The van der Waals surface area contributed by atoms with Gasteiger partial charge in [-0.05, 0) is 26.4 Å². The van der Waals surface area contributed by atoms with Crippen molar-refractivity contribution in [2.75, 3.05) is 51.2 Å². The highest BCUT2D eigenvalue weighted by Crippen LogP contribution is 2.25. The van der Waals surface area contributed by atoms with Crippen LogP contribution >= 0.6 is 11.5 Å². The standard InChI is InChI=1S/C19H27N5S/c1-22-10-6-5-9-17(22)15-23-11-13-24(14-12-23)19-20-18(21-25-19)16-7-3-2-4-8-16/h2-4,7-8,17H,5-6,9-15H2,1H3. The summed E-state index contributed by atoms with van der Waals surface area (Å²) in [6, 6.07) is 11.0. The number of piperazine rings is 1. The van der Waals surface area contributed by atoms with Gasteiger partial charge in [0.15, 0.2) is 5.82 Å². The van der Waals surface area contributed by atoms with Gasteiger partial charge in [-0.3, -0.25) is 4.90 Å². The summed E-state index contributed by atoms with van der Waals surface area (Å²) in [5.74, 6) is 0.854. The van der Waals surface area contributed by atoms with Crippen molar-refractivity contribution in [3.63, 3.8) is 0 Å². The first kappa shape index (κ1) is 16.9. The van der Waals surface area contributed by atoms with Crippen LogP contribution in [0.25, 0.3) is 11.4 Å². The van der Waals surface area contributed by atoms with E-state index >= 15 is 0 Å². The number of anilines is 1. The van der Waals surface area contributed by atoms with Crippen LogP contribution in [0, 0.1) is 0 Å². The fraction of sp³-hybridized carbons (Fsp3) is 0.579. The third-order valence-electron chi connectivity index (χ3n) is 5.48. The second-order valence-electron chi connectivity index (χ2n) is 7.18. The predicted octanol–water partition coefficient (Wildman–Crippen LogP) is 2.81. The lowest BCUT2D eigenvalue weighted by atomic mass is 10.0. The van der Waals surface area contributed by atoms with E-state index in [-0.39, 0.29) is 0 Å². The van der Waals surface area contributed by atoms with Crippen molar-refractivity contribution in [2.24, 2.45) is 0 Å². The van der Waals surface area contributed by atoms with Gasteiger partial charge in [-0.15, -0.1) is 0 Å². The Bertz CT molecular complexity index is 665. The molecule has 2 aromatic rings. The molecule has 2 fully saturated rings. The summed E-state index contributed by atoms with van der Waals surface area (Å²) in [6.45, 7) is 6.85. The molecule has 0 bridgehead atoms. The lowest BCUT2D eigenvalue weighted by Gasteiger charge is -2.40. The molecule has 25 heavy (non-hydrogen) atoms. The number of hydrogen-bond acceptors (Lipinski definition) is 6. The Kier molecular flexibility index (Phi) is 5.29. The molecule has 134 valence electrons. The SMILES string of the molecule is CN1CCCCC1CN1CCN(c2nc(-c3ccccc3)ns2)CC1. The van der Waals surface area contributed by atoms with E-state index in [0.717, 1.165) is 48.7 Å². The van der Waals surface area contributed by atoms with E-state index in [9.17, 15) is 0 Å². The Morgan fingerprint density at radius 2 is 1.84 bits per heavy atom. The second kappa shape index (κ2) is 7.81. The number of nitrogens with zero attached hydrogens (tertiary/aromatic N) is 5. The van der Waals surface area contributed by atoms with E-state index in [1.54, 1.807) is 0 Å². The predicted molar refractivity (Wildman–Crippen MR) is 104 cm³/mol. The van der Waals surface area contributed by atoms with E-state index in [1.807, 2.05) is 18.2 Å². The minimum atomic E-state index is 0.742. The van der Waals surface area contributed by atoms with Gasteiger partial charge in [0.25, 0.3) is 0 Å². The van der Waals surface area contributed by atoms with Crippen LogP contribution in [-0.4, -0.2) is 71.5 Å². The molecule has 4 rings (SSSR count). The van der Waals surface area contributed by atoms with Crippen LogP contribution in [0.15, 0.2) is 30.3 Å². The molecule has 0 amide bonds. The van der Waals surface area contributed by atoms with Crippen molar-refractivity contribution in [3.8, 4) is 11.4 Å². The third-order valence-corrected chi connectivity index (χ3v) is 6.26. The van der Waals surface area contributed by atoms with Crippen molar-refractivity contribution in [2.45, 2.75) is 25.3 Å². The molecule has 1 aromatic carbocycles. The van der Waals surface area contributed by atoms with Crippen LogP contribution < -0.4 is 4.90 Å². The summed E-state index contributed by atoms with van der Waals surface area (Å²) < 4.78 is 4.55. The zero-order valence-electron chi connectivity index (χ0n) is 15.0. The van der Waals surface area contributed by atoms with Crippen LogP contribution in [0.3, 0.4) is 0 Å². The van der Waals surface area contributed by atoms with Crippen molar-refractivity contribution in [1.29, 1.82) is 0 Å². The first-order valence-corrected chi connectivity index (χ1v) is 10.1. The average Bonchev–Trinajstić information content (AvgIpc) is 3.15. The summed E-state index contributed by atoms with van der Waals surface area (Å²) >= 11 is 1.53. The Morgan fingerprint density at radius 3 is 2.60 bits per heavy atom. The van der Waals surface area contributed by atoms with Crippen LogP contribution in [0.2, 0.25) is 0 Å². The minimum Gasteiger partial charge on any atom is -0.344 e. The quantitative estimate of drug-likeness (QED) is 0.841. The van der Waals surface area contributed by atoms with Crippen LogP contribution in [0.4, 0.5) is 5.13 Å². The Morgan fingerprint density at radius 1 is 1.04 bits per heavy atom. The Balaban J connectivity index is 1.32. The molecule has 5 nitrogen and oxygen atoms in total. The van der Waals surface area contributed by atoms with Crippen molar-refractivity contribution in [3.05, 3.63) is 30.3 Å². The highest BCUT2D eigenvalue weighted by molar-refractivity contribution is 7.09. The first-order chi connectivity index (χ1) is 12.3. The van der Waals surface area contributed by atoms with Gasteiger partial charge in [0.05, 0.1) is 0 Å². The zero-order valence-corrected chi connectivity index (χ0v) is 15.8. The lowest BCUT2D eigenvalue weighted by molar-refractivity contribution is 0.125. The number of rotatable bonds is 4. The normalized spacial score (nSPS) is 23.1. The number of piperidine rings is 1. The molecule has 0 saturated carbocycles. The molecule has 0 N–H and O–H groups in total. The van der Waals surface area contributed by atoms with E-state index in [0.29, 0.717) is 0 Å². The van der Waals surface area contributed by atoms with Crippen molar-refractivity contribution in [1.82, 2.24) is 19.2 Å². The molecule has 1 unspecified atom stereocenters. The molecule has 1 atom stereocenters. The maximum absolute atomic E-state index is 4.76. The van der Waals surface area contributed by atoms with Crippen molar-refractivity contribution < 1.29 is 0 Å². The zero-order chi connectivity index (χ0) is 17.1. The monoisotopic (exact) mass is 357 g/mol. The van der Waals surface area contributed by atoms with Crippen LogP contribution in [-0.2, 0) is 0 Å². The van der Waals surface area contributed by atoms with Gasteiger partial charge in [0.2, 0.25) is 5.13 Å². The van der Waals surface area contributed by atoms with Gasteiger partial charge < -0.3 is 9.80 Å². The lowest BCUT2D eigenvalue weighted by Crippen LogP contribution is -2.51. The number of aromatic nitrogens is 2. The third kappa shape index (κ3) is 4.02. The van der Waals surface area contributed by atoms with Gasteiger partial charge in [0, 0.05) is 55.9 Å². The molecular weight excluding hydrogens is 330 g/mol. The highest BCUT2D eigenvalue weighted by Gasteiger charge is 2.25. The molecule has 3 heterocycles. The van der Waals surface area contributed by atoms with Gasteiger partial charge in [-0.1, -0.05) is 36.8 Å². The molecule has 2 aliphatic heterocycles. The Hall–Kier alpha value is -1.50. The Labute approximate surface area is 154 Å². The fourth-order valence-corrected chi connectivity index (χ4v) is 4.58. The smallest absolute Gasteiger partial charge is 0.205 e. The van der Waals surface area contributed by atoms with Gasteiger partial charge in [-0.2, -0.15) is 9.36 Å². The molecule has 2 saturated heterocycles. The molecule has 6 heteroatoms. The number of hydrogen-bond donors (Lipinski definition) is 0. The molecule has 0 aliphatic carbocycles. The molecule has 0 radical (unpaired) electrons. The minimum absolute atomic E-state index is 0.742. The number of likely N-dealkylation sites (tertiary alicyclic amines) is 1. The molecule has 1 aromatic heterocycles. The van der Waals surface area contributed by atoms with Crippen LogP contribution in [0.5, 0.6) is 0 Å². The fourth-order valence-electron chi connectivity index (χ4n) is 3.84. The van der Waals surface area contributed by atoms with Crippen LogP contribution in [0.1, 0.15) is 19.3 Å².